The number of benzene rings is 1. The van der Waals surface area contributed by atoms with Gasteiger partial charge in [-0.2, -0.15) is 5.10 Å². The maximum Gasteiger partial charge on any atom is 0.147 e. The van der Waals surface area contributed by atoms with Gasteiger partial charge in [0, 0.05) is 42.3 Å². The number of fused-ring (bicyclic) bond motifs is 2. The molecule has 0 amide bonds. The summed E-state index contributed by atoms with van der Waals surface area (Å²) in [5, 5.41) is 8.45. The van der Waals surface area contributed by atoms with Gasteiger partial charge >= 0.3 is 0 Å². The summed E-state index contributed by atoms with van der Waals surface area (Å²) in [6.07, 6.45) is 9.33. The predicted molar refractivity (Wildman–Crippen MR) is 166 cm³/mol. The number of rotatable bonds is 8. The van der Waals surface area contributed by atoms with E-state index in [4.69, 9.17) is 4.98 Å². The molecule has 11 heteroatoms. The Morgan fingerprint density at radius 2 is 1.81 bits per heavy atom. The van der Waals surface area contributed by atoms with Gasteiger partial charge in [-0.1, -0.05) is 6.07 Å². The molecule has 0 aliphatic carbocycles. The van der Waals surface area contributed by atoms with Crippen molar-refractivity contribution in [2.75, 3.05) is 25.1 Å². The fourth-order valence-corrected chi connectivity index (χ4v) is 6.43. The number of pyridine rings is 3. The Hall–Kier alpha value is -4.48. The van der Waals surface area contributed by atoms with Crippen LogP contribution in [0.25, 0.3) is 55.8 Å². The molecule has 9 nitrogen and oxygen atoms in total. The lowest BCUT2D eigenvalue weighted by Gasteiger charge is -2.14. The van der Waals surface area contributed by atoms with Crippen LogP contribution in [0, 0.1) is 5.82 Å². The first-order valence-electron chi connectivity index (χ1n) is 14.3. The third kappa shape index (κ3) is 5.78. The highest BCUT2D eigenvalue weighted by Gasteiger charge is 2.18. The van der Waals surface area contributed by atoms with Crippen LogP contribution in [0.15, 0.2) is 67.1 Å². The maximum atomic E-state index is 14.6. The highest BCUT2D eigenvalue weighted by atomic mass is 32.2. The lowest BCUT2D eigenvalue weighted by Crippen LogP contribution is -2.18. The molecule has 0 radical (unpaired) electrons. The number of aromatic nitrogens is 6. The van der Waals surface area contributed by atoms with Crippen molar-refractivity contribution in [1.82, 2.24) is 35.0 Å². The number of nitrogens with zero attached hydrogens (tertiary/aromatic N) is 5. The van der Waals surface area contributed by atoms with Gasteiger partial charge in [-0.25, -0.2) is 22.8 Å². The Morgan fingerprint density at radius 1 is 0.977 bits per heavy atom. The number of sulfone groups is 1. The van der Waals surface area contributed by atoms with E-state index < -0.39 is 15.7 Å². The molecule has 6 aromatic rings. The van der Waals surface area contributed by atoms with E-state index in [-0.39, 0.29) is 12.2 Å². The van der Waals surface area contributed by atoms with Crippen LogP contribution < -0.4 is 0 Å². The van der Waals surface area contributed by atoms with Crippen LogP contribution in [0.4, 0.5) is 4.39 Å². The molecule has 0 saturated carbocycles. The highest BCUT2D eigenvalue weighted by Crippen LogP contribution is 2.34. The summed E-state index contributed by atoms with van der Waals surface area (Å²) in [5.74, 6) is -0.466. The molecule has 2 N–H and O–H groups in total. The zero-order valence-corrected chi connectivity index (χ0v) is 24.5. The van der Waals surface area contributed by atoms with E-state index >= 15 is 0 Å². The first-order chi connectivity index (χ1) is 20.8. The normalized spacial score (nSPS) is 14.3. The van der Waals surface area contributed by atoms with Gasteiger partial charge in [0.2, 0.25) is 0 Å². The minimum atomic E-state index is -3.17. The number of likely N-dealkylation sites (tertiary alicyclic amines) is 1. The zero-order valence-electron chi connectivity index (χ0n) is 23.6. The van der Waals surface area contributed by atoms with E-state index in [2.05, 4.69) is 36.1 Å². The number of aryl methyl sites for hydroxylation is 1. The molecule has 1 aliphatic heterocycles. The fourth-order valence-electron chi connectivity index (χ4n) is 5.82. The summed E-state index contributed by atoms with van der Waals surface area (Å²) < 4.78 is 38.0. The number of hydrogen-bond donors (Lipinski definition) is 2. The first kappa shape index (κ1) is 27.4. The molecule has 5 aromatic heterocycles. The van der Waals surface area contributed by atoms with Crippen LogP contribution in [-0.2, 0) is 22.8 Å². The molecule has 0 spiro atoms. The molecular formula is C32H30FN7O2S. The van der Waals surface area contributed by atoms with E-state index in [1.54, 1.807) is 6.20 Å². The average molecular weight is 596 g/mol. The molecule has 6 heterocycles. The van der Waals surface area contributed by atoms with Gasteiger partial charge < -0.3 is 4.98 Å². The molecule has 1 saturated heterocycles. The van der Waals surface area contributed by atoms with Crippen LogP contribution in [0.5, 0.6) is 0 Å². The Balaban J connectivity index is 1.24. The van der Waals surface area contributed by atoms with Crippen LogP contribution in [0.1, 0.15) is 24.0 Å². The van der Waals surface area contributed by atoms with Crippen LogP contribution in [0.2, 0.25) is 0 Å². The van der Waals surface area contributed by atoms with Gasteiger partial charge in [0.15, 0.2) is 0 Å². The van der Waals surface area contributed by atoms with Gasteiger partial charge in [-0.15, -0.1) is 0 Å². The molecule has 1 aliphatic rings. The Bertz CT molecular complexity index is 2080. The summed E-state index contributed by atoms with van der Waals surface area (Å²) in [5.41, 5.74) is 8.48. The van der Waals surface area contributed by atoms with Crippen molar-refractivity contribution >= 4 is 31.9 Å². The van der Waals surface area contributed by atoms with Crippen molar-refractivity contribution < 1.29 is 12.8 Å². The summed E-state index contributed by atoms with van der Waals surface area (Å²) >= 11 is 0. The minimum absolute atomic E-state index is 0.0457. The predicted octanol–water partition coefficient (Wildman–Crippen LogP) is 5.55. The van der Waals surface area contributed by atoms with Crippen molar-refractivity contribution in [3.8, 4) is 33.8 Å². The summed E-state index contributed by atoms with van der Waals surface area (Å²) in [6, 6.07) is 14.5. The van der Waals surface area contributed by atoms with E-state index in [9.17, 15) is 12.8 Å². The van der Waals surface area contributed by atoms with Crippen molar-refractivity contribution in [2.45, 2.75) is 25.8 Å². The molecule has 0 bridgehead atoms. The van der Waals surface area contributed by atoms with Crippen LogP contribution in [-0.4, -0.2) is 68.5 Å². The third-order valence-electron chi connectivity index (χ3n) is 7.92. The van der Waals surface area contributed by atoms with E-state index in [0.717, 1.165) is 53.1 Å². The van der Waals surface area contributed by atoms with Crippen molar-refractivity contribution in [3.63, 3.8) is 0 Å². The molecule has 0 atom stereocenters. The largest absolute Gasteiger partial charge is 0.338 e. The van der Waals surface area contributed by atoms with Crippen molar-refractivity contribution in [3.05, 3.63) is 84.1 Å². The Morgan fingerprint density at radius 3 is 2.65 bits per heavy atom. The third-order valence-corrected chi connectivity index (χ3v) is 8.87. The average Bonchev–Trinajstić information content (AvgIpc) is 3.75. The highest BCUT2D eigenvalue weighted by molar-refractivity contribution is 7.90. The standard InChI is InChI=1S/C32H30FN7O2S/c1-43(41,42)11-7-20-12-22(15-24(33)14-20)25-6-8-35-32-26(25)16-29(37-32)31-30-28(38-39-31)5-4-27(36-30)23-13-21(17-34-18-23)19-40-9-2-3-10-40/h4-6,8,12-18H,2-3,7,9-11,19H2,1H3,(H,35,37)(H,38,39). The fraction of sp³-hybridized carbons (Fsp3) is 0.250. The Labute approximate surface area is 248 Å². The monoisotopic (exact) mass is 595 g/mol. The van der Waals surface area contributed by atoms with Gasteiger partial charge in [-0.05, 0) is 97.1 Å². The summed E-state index contributed by atoms with van der Waals surface area (Å²) in [6.45, 7) is 3.13. The summed E-state index contributed by atoms with van der Waals surface area (Å²) in [7, 11) is -3.17. The van der Waals surface area contributed by atoms with Gasteiger partial charge in [0.05, 0.1) is 22.7 Å². The summed E-state index contributed by atoms with van der Waals surface area (Å²) in [4.78, 5) is 19.8. The number of halogens is 1. The maximum absolute atomic E-state index is 14.6. The van der Waals surface area contributed by atoms with Gasteiger partial charge in [0.25, 0.3) is 0 Å². The molecule has 1 aromatic carbocycles. The van der Waals surface area contributed by atoms with Gasteiger partial charge in [0.1, 0.15) is 32.5 Å². The lowest BCUT2D eigenvalue weighted by atomic mass is 10.00. The number of hydrogen-bond acceptors (Lipinski definition) is 7. The first-order valence-corrected chi connectivity index (χ1v) is 16.3. The topological polar surface area (TPSA) is 121 Å². The van der Waals surface area contributed by atoms with Crippen molar-refractivity contribution in [2.24, 2.45) is 0 Å². The number of H-pyrrole nitrogens is 2. The smallest absolute Gasteiger partial charge is 0.147 e. The lowest BCUT2D eigenvalue weighted by molar-refractivity contribution is 0.331. The molecule has 1 fully saturated rings. The van der Waals surface area contributed by atoms with E-state index in [1.807, 2.05) is 42.7 Å². The second kappa shape index (κ2) is 11.0. The number of nitrogens with one attached hydrogen (secondary N) is 2. The quantitative estimate of drug-likeness (QED) is 0.237. The molecule has 7 rings (SSSR count). The van der Waals surface area contributed by atoms with Crippen LogP contribution in [0.3, 0.4) is 0 Å². The second-order valence-corrected chi connectivity index (χ2v) is 13.5. The molecule has 218 valence electrons. The molecule has 43 heavy (non-hydrogen) atoms. The SMILES string of the molecule is CS(=O)(=O)CCc1cc(F)cc(-c2ccnc3[nH]c(-c4n[nH]c5ccc(-c6cncc(CN7CCCC7)c6)nc45)cc23)c1. The number of aromatic amines is 2. The zero-order chi connectivity index (χ0) is 29.6. The van der Waals surface area contributed by atoms with E-state index in [0.29, 0.717) is 28.0 Å². The second-order valence-electron chi connectivity index (χ2n) is 11.3. The minimum Gasteiger partial charge on any atom is -0.338 e. The molecule has 0 unspecified atom stereocenters. The Kier molecular flexibility index (Phi) is 6.98. The molecular weight excluding hydrogens is 565 g/mol. The van der Waals surface area contributed by atoms with Crippen molar-refractivity contribution in [1.29, 1.82) is 0 Å². The van der Waals surface area contributed by atoms with E-state index in [1.165, 1.54) is 36.8 Å². The van der Waals surface area contributed by atoms with Gasteiger partial charge in [-0.3, -0.25) is 15.0 Å². The van der Waals surface area contributed by atoms with Crippen LogP contribution >= 0.6 is 0 Å².